The van der Waals surface area contributed by atoms with Crippen LogP contribution >= 0.6 is 0 Å². The van der Waals surface area contributed by atoms with Crippen LogP contribution < -0.4 is 0 Å². The fourth-order valence-electron chi connectivity index (χ4n) is 2.28. The van der Waals surface area contributed by atoms with Gasteiger partial charge in [-0.15, -0.1) is 0 Å². The first-order chi connectivity index (χ1) is 8.88. The van der Waals surface area contributed by atoms with Crippen molar-refractivity contribution in [2.75, 3.05) is 53.0 Å². The third kappa shape index (κ3) is 4.37. The van der Waals surface area contributed by atoms with Crippen molar-refractivity contribution in [1.82, 2.24) is 14.8 Å². The van der Waals surface area contributed by atoms with Gasteiger partial charge in [-0.05, 0) is 12.1 Å². The van der Waals surface area contributed by atoms with E-state index in [0.717, 1.165) is 52.3 Å². The maximum absolute atomic E-state index is 5.11. The van der Waals surface area contributed by atoms with Crippen LogP contribution in [0.4, 0.5) is 0 Å². The van der Waals surface area contributed by atoms with Gasteiger partial charge in [0.1, 0.15) is 0 Å². The second kappa shape index (κ2) is 7.46. The molecule has 0 bridgehead atoms. The maximum atomic E-state index is 5.11. The van der Waals surface area contributed by atoms with E-state index < -0.39 is 0 Å². The Hall–Kier alpha value is -0.970. The summed E-state index contributed by atoms with van der Waals surface area (Å²) in [7, 11) is 1.77. The molecular weight excluding hydrogens is 226 g/mol. The van der Waals surface area contributed by atoms with Crippen LogP contribution in [-0.2, 0) is 11.2 Å². The van der Waals surface area contributed by atoms with Crippen LogP contribution in [0.3, 0.4) is 0 Å². The lowest BCUT2D eigenvalue weighted by atomic mass is 10.2. The molecule has 2 rings (SSSR count). The monoisotopic (exact) mass is 249 g/mol. The Morgan fingerprint density at radius 3 is 2.44 bits per heavy atom. The first-order valence-corrected chi connectivity index (χ1v) is 6.72. The lowest BCUT2D eigenvalue weighted by Crippen LogP contribution is -2.47. The summed E-state index contributed by atoms with van der Waals surface area (Å²) in [5, 5.41) is 0. The maximum Gasteiger partial charge on any atom is 0.0589 e. The van der Waals surface area contributed by atoms with E-state index in [0.29, 0.717) is 0 Å². The van der Waals surface area contributed by atoms with Crippen LogP contribution in [0.2, 0.25) is 0 Å². The Kier molecular flexibility index (Phi) is 5.58. The van der Waals surface area contributed by atoms with Gasteiger partial charge in [0.25, 0.3) is 0 Å². The van der Waals surface area contributed by atoms with Gasteiger partial charge < -0.3 is 9.64 Å². The number of nitrogens with zero attached hydrogens (tertiary/aromatic N) is 3. The average molecular weight is 249 g/mol. The molecule has 0 spiro atoms. The summed E-state index contributed by atoms with van der Waals surface area (Å²) in [4.78, 5) is 9.36. The standard InChI is InChI=1S/C14H23N3O/c1-18-13-12-17-10-8-16(9-11-17)7-5-14-4-2-3-6-15-14/h2-4,6H,5,7-13H2,1H3. The minimum absolute atomic E-state index is 0.841. The number of ether oxygens (including phenoxy) is 1. The van der Waals surface area contributed by atoms with Crippen LogP contribution in [0.15, 0.2) is 24.4 Å². The van der Waals surface area contributed by atoms with Crippen molar-refractivity contribution < 1.29 is 4.74 Å². The highest BCUT2D eigenvalue weighted by Gasteiger charge is 2.15. The zero-order valence-corrected chi connectivity index (χ0v) is 11.2. The molecule has 100 valence electrons. The van der Waals surface area contributed by atoms with Crippen LogP contribution in [0.1, 0.15) is 5.69 Å². The van der Waals surface area contributed by atoms with Crippen molar-refractivity contribution in [3.63, 3.8) is 0 Å². The first kappa shape index (κ1) is 13.5. The minimum atomic E-state index is 0.841. The van der Waals surface area contributed by atoms with E-state index in [2.05, 4.69) is 26.9 Å². The summed E-state index contributed by atoms with van der Waals surface area (Å²) in [5.41, 5.74) is 1.19. The van der Waals surface area contributed by atoms with Crippen molar-refractivity contribution in [1.29, 1.82) is 0 Å². The molecule has 2 heterocycles. The molecule has 1 aromatic heterocycles. The normalized spacial score (nSPS) is 18.1. The van der Waals surface area contributed by atoms with Crippen molar-refractivity contribution >= 4 is 0 Å². The highest BCUT2D eigenvalue weighted by atomic mass is 16.5. The molecule has 1 aliphatic heterocycles. The van der Waals surface area contributed by atoms with Crippen LogP contribution in [-0.4, -0.2) is 67.8 Å². The highest BCUT2D eigenvalue weighted by Crippen LogP contribution is 2.03. The molecule has 18 heavy (non-hydrogen) atoms. The molecule has 0 N–H and O–H groups in total. The summed E-state index contributed by atoms with van der Waals surface area (Å²) in [6.07, 6.45) is 2.93. The Balaban J connectivity index is 1.65. The van der Waals surface area contributed by atoms with Crippen LogP contribution in [0.25, 0.3) is 0 Å². The molecule has 1 saturated heterocycles. The van der Waals surface area contributed by atoms with Gasteiger partial charge in [-0.2, -0.15) is 0 Å². The zero-order chi connectivity index (χ0) is 12.6. The second-order valence-electron chi connectivity index (χ2n) is 4.75. The van der Waals surface area contributed by atoms with Gasteiger partial charge in [-0.3, -0.25) is 9.88 Å². The molecule has 1 aromatic rings. The van der Waals surface area contributed by atoms with E-state index in [1.165, 1.54) is 5.69 Å². The Bertz CT molecular complexity index is 323. The smallest absolute Gasteiger partial charge is 0.0589 e. The van der Waals surface area contributed by atoms with Gasteiger partial charge in [-0.1, -0.05) is 6.07 Å². The largest absolute Gasteiger partial charge is 0.383 e. The lowest BCUT2D eigenvalue weighted by Gasteiger charge is -2.34. The zero-order valence-electron chi connectivity index (χ0n) is 11.2. The third-order valence-electron chi connectivity index (χ3n) is 3.49. The minimum Gasteiger partial charge on any atom is -0.383 e. The number of piperazine rings is 1. The van der Waals surface area contributed by atoms with Gasteiger partial charge in [0.2, 0.25) is 0 Å². The number of rotatable bonds is 6. The number of hydrogen-bond donors (Lipinski definition) is 0. The van der Waals surface area contributed by atoms with E-state index >= 15 is 0 Å². The molecule has 0 aromatic carbocycles. The lowest BCUT2D eigenvalue weighted by molar-refractivity contribution is 0.0974. The van der Waals surface area contributed by atoms with Crippen molar-refractivity contribution in [3.8, 4) is 0 Å². The summed E-state index contributed by atoms with van der Waals surface area (Å²) < 4.78 is 5.11. The Morgan fingerprint density at radius 1 is 1.11 bits per heavy atom. The first-order valence-electron chi connectivity index (χ1n) is 6.72. The fourth-order valence-corrected chi connectivity index (χ4v) is 2.28. The molecule has 1 fully saturated rings. The van der Waals surface area contributed by atoms with Gasteiger partial charge in [0, 0.05) is 64.7 Å². The van der Waals surface area contributed by atoms with E-state index in [9.17, 15) is 0 Å². The number of aromatic nitrogens is 1. The Labute approximate surface area is 110 Å². The number of pyridine rings is 1. The van der Waals surface area contributed by atoms with E-state index in [-0.39, 0.29) is 0 Å². The van der Waals surface area contributed by atoms with E-state index in [1.54, 1.807) is 7.11 Å². The molecule has 0 aliphatic carbocycles. The van der Waals surface area contributed by atoms with Crippen LogP contribution in [0, 0.1) is 0 Å². The molecule has 0 saturated carbocycles. The quantitative estimate of drug-likeness (QED) is 0.748. The highest BCUT2D eigenvalue weighted by molar-refractivity contribution is 5.03. The summed E-state index contributed by atoms with van der Waals surface area (Å²) in [6.45, 7) is 7.66. The van der Waals surface area contributed by atoms with Crippen molar-refractivity contribution in [3.05, 3.63) is 30.1 Å². The molecule has 4 heteroatoms. The molecule has 0 radical (unpaired) electrons. The predicted molar refractivity (Wildman–Crippen MR) is 72.7 cm³/mol. The molecule has 1 aliphatic rings. The fraction of sp³-hybridized carbons (Fsp3) is 0.643. The topological polar surface area (TPSA) is 28.6 Å². The molecular formula is C14H23N3O. The summed E-state index contributed by atoms with van der Waals surface area (Å²) in [5.74, 6) is 0. The number of hydrogen-bond acceptors (Lipinski definition) is 4. The molecule has 4 nitrogen and oxygen atoms in total. The van der Waals surface area contributed by atoms with Gasteiger partial charge in [-0.25, -0.2) is 0 Å². The molecule has 0 amide bonds. The number of methoxy groups -OCH3 is 1. The summed E-state index contributed by atoms with van der Waals surface area (Å²) in [6, 6.07) is 6.14. The van der Waals surface area contributed by atoms with Crippen molar-refractivity contribution in [2.45, 2.75) is 6.42 Å². The third-order valence-corrected chi connectivity index (χ3v) is 3.49. The van der Waals surface area contributed by atoms with E-state index in [4.69, 9.17) is 4.74 Å². The van der Waals surface area contributed by atoms with Crippen molar-refractivity contribution in [2.24, 2.45) is 0 Å². The van der Waals surface area contributed by atoms with Crippen LogP contribution in [0.5, 0.6) is 0 Å². The Morgan fingerprint density at radius 2 is 1.83 bits per heavy atom. The van der Waals surface area contributed by atoms with Gasteiger partial charge in [0.05, 0.1) is 6.61 Å². The predicted octanol–water partition coefficient (Wildman–Crippen LogP) is 0.888. The van der Waals surface area contributed by atoms with Gasteiger partial charge in [0.15, 0.2) is 0 Å². The summed E-state index contributed by atoms with van der Waals surface area (Å²) >= 11 is 0. The molecule has 0 unspecified atom stereocenters. The second-order valence-corrected chi connectivity index (χ2v) is 4.75. The SMILES string of the molecule is COCCN1CCN(CCc2ccccn2)CC1. The van der Waals surface area contributed by atoms with E-state index in [1.807, 2.05) is 12.3 Å². The van der Waals surface area contributed by atoms with Gasteiger partial charge >= 0.3 is 0 Å². The molecule has 0 atom stereocenters. The average Bonchev–Trinajstić information content (AvgIpc) is 2.45.